The Hall–Kier alpha value is -2.85. The van der Waals surface area contributed by atoms with Crippen molar-refractivity contribution in [1.82, 2.24) is 20.3 Å². The minimum Gasteiger partial charge on any atom is -0.322 e. The fraction of sp³-hybridized carbons (Fsp3) is 0.429. The summed E-state index contributed by atoms with van der Waals surface area (Å²) in [7, 11) is 0. The molecule has 0 radical (unpaired) electrons. The normalized spacial score (nSPS) is 20.6. The van der Waals surface area contributed by atoms with Gasteiger partial charge in [-0.25, -0.2) is 4.79 Å². The Labute approximate surface area is 139 Å². The van der Waals surface area contributed by atoms with Crippen LogP contribution in [-0.2, 0) is 22.3 Å². The zero-order valence-electron chi connectivity index (χ0n) is 13.3. The van der Waals surface area contributed by atoms with Crippen molar-refractivity contribution >= 4 is 17.8 Å². The van der Waals surface area contributed by atoms with Gasteiger partial charge >= 0.3 is 12.2 Å². The van der Waals surface area contributed by atoms with Crippen LogP contribution in [0.4, 0.5) is 18.0 Å². The van der Waals surface area contributed by atoms with Crippen molar-refractivity contribution in [2.45, 2.75) is 38.5 Å². The SMILES string of the molecule is CCC1(C)NC(=O)N(NC(=O)Cn2cccc(C(F)(F)F)c2=O)C1=O. The van der Waals surface area contributed by atoms with Gasteiger partial charge in [0.15, 0.2) is 0 Å². The third kappa shape index (κ3) is 3.49. The van der Waals surface area contributed by atoms with Crippen molar-refractivity contribution in [2.75, 3.05) is 0 Å². The van der Waals surface area contributed by atoms with Gasteiger partial charge in [0, 0.05) is 6.20 Å². The van der Waals surface area contributed by atoms with Crippen LogP contribution < -0.4 is 16.3 Å². The summed E-state index contributed by atoms with van der Waals surface area (Å²) in [4.78, 5) is 47.6. The summed E-state index contributed by atoms with van der Waals surface area (Å²) >= 11 is 0. The fourth-order valence-electron chi connectivity index (χ4n) is 2.22. The first kappa shape index (κ1) is 18.5. The molecule has 1 aliphatic heterocycles. The number of amides is 4. The maximum Gasteiger partial charge on any atom is 0.421 e. The molecule has 1 unspecified atom stereocenters. The molecule has 1 aromatic rings. The number of nitrogens with zero attached hydrogens (tertiary/aromatic N) is 2. The highest BCUT2D eigenvalue weighted by Crippen LogP contribution is 2.26. The molecular formula is C14H15F3N4O4. The number of carbonyl (C=O) groups is 3. The monoisotopic (exact) mass is 360 g/mol. The zero-order valence-corrected chi connectivity index (χ0v) is 13.3. The molecule has 2 rings (SSSR count). The Kier molecular flexibility index (Phi) is 4.60. The predicted octanol–water partition coefficient (Wildman–Crippen LogP) is 0.619. The Bertz CT molecular complexity index is 789. The molecule has 0 bridgehead atoms. The van der Waals surface area contributed by atoms with Crippen molar-refractivity contribution < 1.29 is 27.6 Å². The van der Waals surface area contributed by atoms with Crippen LogP contribution in [0.2, 0.25) is 0 Å². The Balaban J connectivity index is 2.16. The summed E-state index contributed by atoms with van der Waals surface area (Å²) in [6.45, 7) is 2.34. The number of hydrogen-bond donors (Lipinski definition) is 2. The second-order valence-corrected chi connectivity index (χ2v) is 5.64. The van der Waals surface area contributed by atoms with E-state index in [1.54, 1.807) is 6.92 Å². The molecular weight excluding hydrogens is 345 g/mol. The largest absolute Gasteiger partial charge is 0.421 e. The molecule has 25 heavy (non-hydrogen) atoms. The number of alkyl halides is 3. The van der Waals surface area contributed by atoms with E-state index in [1.807, 2.05) is 5.43 Å². The molecule has 11 heteroatoms. The number of imide groups is 1. The lowest BCUT2D eigenvalue weighted by Gasteiger charge is -2.19. The first-order valence-corrected chi connectivity index (χ1v) is 7.22. The van der Waals surface area contributed by atoms with E-state index in [4.69, 9.17) is 0 Å². The van der Waals surface area contributed by atoms with E-state index < -0.39 is 47.2 Å². The molecule has 1 fully saturated rings. The molecule has 0 aromatic carbocycles. The molecule has 0 aliphatic carbocycles. The standard InChI is InChI=1S/C14H15F3N4O4/c1-3-13(2)11(24)21(12(25)18-13)19-9(22)7-20-6-4-5-8(10(20)23)14(15,16)17/h4-6H,3,7H2,1-2H3,(H,18,25)(H,19,22). The van der Waals surface area contributed by atoms with Gasteiger partial charge in [0.25, 0.3) is 17.4 Å². The molecule has 2 heterocycles. The highest BCUT2D eigenvalue weighted by molar-refractivity contribution is 6.07. The van der Waals surface area contributed by atoms with Crippen LogP contribution in [0.5, 0.6) is 0 Å². The van der Waals surface area contributed by atoms with Crippen molar-refractivity contribution in [3.05, 3.63) is 34.2 Å². The van der Waals surface area contributed by atoms with Crippen LogP contribution in [0.15, 0.2) is 23.1 Å². The van der Waals surface area contributed by atoms with Crippen molar-refractivity contribution in [3.8, 4) is 0 Å². The van der Waals surface area contributed by atoms with Gasteiger partial charge in [0.05, 0.1) is 0 Å². The van der Waals surface area contributed by atoms with Crippen molar-refractivity contribution in [3.63, 3.8) is 0 Å². The van der Waals surface area contributed by atoms with E-state index in [0.717, 1.165) is 12.3 Å². The summed E-state index contributed by atoms with van der Waals surface area (Å²) in [5, 5.41) is 2.84. The minimum absolute atomic E-state index is 0.275. The predicted molar refractivity (Wildman–Crippen MR) is 77.9 cm³/mol. The van der Waals surface area contributed by atoms with Gasteiger partial charge in [-0.1, -0.05) is 6.92 Å². The maximum atomic E-state index is 12.7. The van der Waals surface area contributed by atoms with E-state index in [9.17, 15) is 32.3 Å². The summed E-state index contributed by atoms with van der Waals surface area (Å²) in [5.74, 6) is -1.70. The number of urea groups is 1. The smallest absolute Gasteiger partial charge is 0.322 e. The zero-order chi connectivity index (χ0) is 19.0. The number of hydrazine groups is 1. The Morgan fingerprint density at radius 1 is 1.32 bits per heavy atom. The highest BCUT2D eigenvalue weighted by atomic mass is 19.4. The third-order valence-electron chi connectivity index (χ3n) is 3.84. The molecule has 4 amide bonds. The lowest BCUT2D eigenvalue weighted by molar-refractivity contribution is -0.140. The van der Waals surface area contributed by atoms with Gasteiger partial charge in [-0.05, 0) is 25.5 Å². The molecule has 2 N–H and O–H groups in total. The summed E-state index contributed by atoms with van der Waals surface area (Å²) < 4.78 is 38.6. The average Bonchev–Trinajstić information content (AvgIpc) is 2.72. The van der Waals surface area contributed by atoms with E-state index in [1.165, 1.54) is 6.92 Å². The molecule has 1 aromatic heterocycles. The van der Waals surface area contributed by atoms with Gasteiger partial charge in [0.2, 0.25) is 0 Å². The third-order valence-corrected chi connectivity index (χ3v) is 3.84. The van der Waals surface area contributed by atoms with Crippen LogP contribution in [0.25, 0.3) is 0 Å². The molecule has 8 nitrogen and oxygen atoms in total. The minimum atomic E-state index is -4.86. The first-order valence-electron chi connectivity index (χ1n) is 7.22. The summed E-state index contributed by atoms with van der Waals surface area (Å²) in [6, 6.07) is 0.708. The fourth-order valence-corrected chi connectivity index (χ4v) is 2.22. The Morgan fingerprint density at radius 3 is 2.48 bits per heavy atom. The number of carbonyl (C=O) groups excluding carboxylic acids is 3. The van der Waals surface area contributed by atoms with Gasteiger partial charge in [-0.2, -0.15) is 18.2 Å². The number of rotatable bonds is 4. The lowest BCUT2D eigenvalue weighted by Crippen LogP contribution is -2.50. The second kappa shape index (κ2) is 6.22. The molecule has 136 valence electrons. The van der Waals surface area contributed by atoms with Gasteiger partial charge in [0.1, 0.15) is 17.6 Å². The van der Waals surface area contributed by atoms with Gasteiger partial charge < -0.3 is 9.88 Å². The van der Waals surface area contributed by atoms with Crippen LogP contribution >= 0.6 is 0 Å². The number of halogens is 3. The topological polar surface area (TPSA) is 101 Å². The number of nitrogens with one attached hydrogen (secondary N) is 2. The van der Waals surface area contributed by atoms with Crippen LogP contribution in [-0.4, -0.2) is 33.0 Å². The van der Waals surface area contributed by atoms with E-state index >= 15 is 0 Å². The Morgan fingerprint density at radius 2 is 1.96 bits per heavy atom. The molecule has 1 aliphatic rings. The summed E-state index contributed by atoms with van der Waals surface area (Å²) in [5.41, 5.74) is -2.01. The molecule has 0 saturated carbocycles. The summed E-state index contributed by atoms with van der Waals surface area (Å²) in [6.07, 6.45) is -3.58. The highest BCUT2D eigenvalue weighted by Gasteiger charge is 2.47. The maximum absolute atomic E-state index is 12.7. The second-order valence-electron chi connectivity index (χ2n) is 5.64. The van der Waals surface area contributed by atoms with Gasteiger partial charge in [-0.3, -0.25) is 19.8 Å². The lowest BCUT2D eigenvalue weighted by atomic mass is 10.00. The molecule has 1 atom stereocenters. The molecule has 0 spiro atoms. The van der Waals surface area contributed by atoms with Crippen LogP contribution in [0, 0.1) is 0 Å². The number of hydrogen-bond acceptors (Lipinski definition) is 4. The first-order chi connectivity index (χ1) is 11.5. The van der Waals surface area contributed by atoms with Crippen molar-refractivity contribution in [1.29, 1.82) is 0 Å². The van der Waals surface area contributed by atoms with E-state index in [0.29, 0.717) is 15.6 Å². The van der Waals surface area contributed by atoms with Crippen LogP contribution in [0.1, 0.15) is 25.8 Å². The molecule has 1 saturated heterocycles. The van der Waals surface area contributed by atoms with E-state index in [-0.39, 0.29) is 6.42 Å². The number of pyridine rings is 1. The van der Waals surface area contributed by atoms with E-state index in [2.05, 4.69) is 5.32 Å². The van der Waals surface area contributed by atoms with Gasteiger partial charge in [-0.15, -0.1) is 0 Å². The average molecular weight is 360 g/mol. The number of aromatic nitrogens is 1. The van der Waals surface area contributed by atoms with Crippen molar-refractivity contribution in [2.24, 2.45) is 0 Å². The van der Waals surface area contributed by atoms with Crippen LogP contribution in [0.3, 0.4) is 0 Å². The quantitative estimate of drug-likeness (QED) is 0.769.